The Balaban J connectivity index is 1.39. The quantitative estimate of drug-likeness (QED) is 0.522. The molecule has 4 aromatic rings. The van der Waals surface area contributed by atoms with Crippen LogP contribution < -0.4 is 4.74 Å². The molecule has 1 aliphatic rings. The van der Waals surface area contributed by atoms with Crippen molar-refractivity contribution in [3.05, 3.63) is 71.9 Å². The second-order valence-corrected chi connectivity index (χ2v) is 6.70. The van der Waals surface area contributed by atoms with Gasteiger partial charge in [-0.1, -0.05) is 29.4 Å². The molecule has 0 bridgehead atoms. The molecule has 1 atom stereocenters. The molecule has 146 valence electrons. The molecule has 7 nitrogen and oxygen atoms in total. The van der Waals surface area contributed by atoms with E-state index in [4.69, 9.17) is 14.0 Å². The first-order valence-electron chi connectivity index (χ1n) is 9.11. The van der Waals surface area contributed by atoms with Gasteiger partial charge in [0, 0.05) is 5.56 Å². The number of aromatic nitrogens is 4. The Morgan fingerprint density at radius 3 is 2.83 bits per heavy atom. The zero-order valence-electron chi connectivity index (χ0n) is 15.6. The summed E-state index contributed by atoms with van der Waals surface area (Å²) in [5, 5.41) is 3.96. The first-order valence-corrected chi connectivity index (χ1v) is 9.11. The number of benzene rings is 2. The molecule has 3 heterocycles. The highest BCUT2D eigenvalue weighted by atomic mass is 19.1. The van der Waals surface area contributed by atoms with Gasteiger partial charge in [-0.3, -0.25) is 0 Å². The van der Waals surface area contributed by atoms with Crippen molar-refractivity contribution in [1.82, 2.24) is 19.7 Å². The van der Waals surface area contributed by atoms with Gasteiger partial charge in [0.1, 0.15) is 17.7 Å². The molecule has 2 aromatic carbocycles. The minimum atomic E-state index is -0.355. The van der Waals surface area contributed by atoms with E-state index in [0.717, 1.165) is 17.0 Å². The number of methoxy groups -OCH3 is 1. The van der Waals surface area contributed by atoms with E-state index in [0.29, 0.717) is 30.2 Å². The van der Waals surface area contributed by atoms with Crippen molar-refractivity contribution in [2.45, 2.75) is 19.3 Å². The van der Waals surface area contributed by atoms with Crippen LogP contribution >= 0.6 is 0 Å². The highest BCUT2D eigenvalue weighted by Crippen LogP contribution is 2.32. The van der Waals surface area contributed by atoms with E-state index in [-0.39, 0.29) is 17.8 Å². The third-order valence-corrected chi connectivity index (χ3v) is 4.93. The number of imidazole rings is 1. The predicted octanol–water partition coefficient (Wildman–Crippen LogP) is 4.02. The molecule has 0 spiro atoms. The van der Waals surface area contributed by atoms with Crippen LogP contribution in [0.3, 0.4) is 0 Å². The second-order valence-electron chi connectivity index (χ2n) is 6.70. The zero-order valence-corrected chi connectivity index (χ0v) is 15.6. The van der Waals surface area contributed by atoms with Crippen molar-refractivity contribution < 1.29 is 18.4 Å². The highest BCUT2D eigenvalue weighted by molar-refractivity contribution is 5.59. The Hall–Kier alpha value is -3.52. The number of hydrogen-bond donors (Lipinski definition) is 0. The Labute approximate surface area is 165 Å². The summed E-state index contributed by atoms with van der Waals surface area (Å²) < 4.78 is 32.1. The van der Waals surface area contributed by atoms with Gasteiger partial charge in [0.25, 0.3) is 5.89 Å². The van der Waals surface area contributed by atoms with Gasteiger partial charge < -0.3 is 18.6 Å². The fourth-order valence-corrected chi connectivity index (χ4v) is 3.39. The lowest BCUT2D eigenvalue weighted by molar-refractivity contribution is 0.00328. The SMILES string of the molecule is COc1ccc(C2Cn3cnc(-c4nc(-c5cccc(F)c5)no4)c3CO2)cc1. The van der Waals surface area contributed by atoms with Crippen molar-refractivity contribution >= 4 is 0 Å². The van der Waals surface area contributed by atoms with Gasteiger partial charge in [0.2, 0.25) is 5.82 Å². The Morgan fingerprint density at radius 1 is 1.17 bits per heavy atom. The van der Waals surface area contributed by atoms with Gasteiger partial charge in [0.15, 0.2) is 5.69 Å². The Kier molecular flexibility index (Phi) is 4.33. The molecule has 0 N–H and O–H groups in total. The molecule has 0 radical (unpaired) electrons. The van der Waals surface area contributed by atoms with Crippen LogP contribution in [0.25, 0.3) is 23.0 Å². The molecule has 1 aliphatic heterocycles. The highest BCUT2D eigenvalue weighted by Gasteiger charge is 2.26. The fourth-order valence-electron chi connectivity index (χ4n) is 3.39. The number of nitrogens with zero attached hydrogens (tertiary/aromatic N) is 4. The van der Waals surface area contributed by atoms with E-state index in [9.17, 15) is 4.39 Å². The van der Waals surface area contributed by atoms with Crippen molar-refractivity contribution in [2.24, 2.45) is 0 Å². The van der Waals surface area contributed by atoms with Gasteiger partial charge in [-0.2, -0.15) is 4.98 Å². The maximum Gasteiger partial charge on any atom is 0.278 e. The van der Waals surface area contributed by atoms with E-state index < -0.39 is 0 Å². The van der Waals surface area contributed by atoms with Crippen LogP contribution in [-0.4, -0.2) is 26.8 Å². The normalized spacial score (nSPS) is 15.9. The minimum Gasteiger partial charge on any atom is -0.497 e. The lowest BCUT2D eigenvalue weighted by Gasteiger charge is -2.25. The van der Waals surface area contributed by atoms with Gasteiger partial charge in [-0.15, -0.1) is 0 Å². The van der Waals surface area contributed by atoms with Crippen molar-refractivity contribution in [3.63, 3.8) is 0 Å². The summed E-state index contributed by atoms with van der Waals surface area (Å²) in [6.45, 7) is 0.989. The Morgan fingerprint density at radius 2 is 2.03 bits per heavy atom. The summed E-state index contributed by atoms with van der Waals surface area (Å²) in [7, 11) is 1.64. The molecule has 5 rings (SSSR count). The number of fused-ring (bicyclic) bond motifs is 1. The zero-order chi connectivity index (χ0) is 19.8. The predicted molar refractivity (Wildman–Crippen MR) is 101 cm³/mol. The summed E-state index contributed by atoms with van der Waals surface area (Å²) in [6, 6.07) is 13.9. The maximum absolute atomic E-state index is 13.5. The number of hydrogen-bond acceptors (Lipinski definition) is 6. The molecular formula is C21H17FN4O3. The number of rotatable bonds is 4. The van der Waals surface area contributed by atoms with Crippen molar-refractivity contribution in [1.29, 1.82) is 0 Å². The average Bonchev–Trinajstić information content (AvgIpc) is 3.40. The Bertz CT molecular complexity index is 1150. The standard InChI is InChI=1S/C21H17FN4O3/c1-27-16-7-5-13(6-8-16)18-10-26-12-23-19(17(26)11-28-18)21-24-20(25-29-21)14-3-2-4-15(22)9-14/h2-9,12,18H,10-11H2,1H3. The van der Waals surface area contributed by atoms with Crippen LogP contribution in [0, 0.1) is 5.82 Å². The van der Waals surface area contributed by atoms with Gasteiger partial charge in [-0.05, 0) is 29.8 Å². The van der Waals surface area contributed by atoms with Crippen LogP contribution in [0.4, 0.5) is 4.39 Å². The average molecular weight is 392 g/mol. The van der Waals surface area contributed by atoms with Crippen LogP contribution in [0.15, 0.2) is 59.4 Å². The first-order chi connectivity index (χ1) is 14.2. The molecule has 1 unspecified atom stereocenters. The molecule has 8 heteroatoms. The molecule has 0 amide bonds. The maximum atomic E-state index is 13.5. The largest absolute Gasteiger partial charge is 0.497 e. The molecule has 2 aromatic heterocycles. The molecule has 0 fully saturated rings. The molecule has 29 heavy (non-hydrogen) atoms. The van der Waals surface area contributed by atoms with Gasteiger partial charge >= 0.3 is 0 Å². The molecule has 0 aliphatic carbocycles. The third-order valence-electron chi connectivity index (χ3n) is 4.93. The molecule has 0 saturated carbocycles. The fraction of sp³-hybridized carbons (Fsp3) is 0.190. The topological polar surface area (TPSA) is 75.2 Å². The molecular weight excluding hydrogens is 375 g/mol. The van der Waals surface area contributed by atoms with E-state index in [1.165, 1.54) is 12.1 Å². The van der Waals surface area contributed by atoms with E-state index in [1.807, 2.05) is 28.8 Å². The van der Waals surface area contributed by atoms with Crippen LogP contribution in [0.1, 0.15) is 17.4 Å². The number of halogens is 1. The summed E-state index contributed by atoms with van der Waals surface area (Å²) >= 11 is 0. The summed E-state index contributed by atoms with van der Waals surface area (Å²) in [4.78, 5) is 8.82. The summed E-state index contributed by atoms with van der Waals surface area (Å²) in [5.41, 5.74) is 3.05. The minimum absolute atomic E-state index is 0.0824. The second kappa shape index (κ2) is 7.14. The van der Waals surface area contributed by atoms with E-state index >= 15 is 0 Å². The monoisotopic (exact) mass is 392 g/mol. The van der Waals surface area contributed by atoms with Crippen LogP contribution in [0.2, 0.25) is 0 Å². The van der Waals surface area contributed by atoms with Crippen molar-refractivity contribution in [3.8, 4) is 28.7 Å². The summed E-state index contributed by atoms with van der Waals surface area (Å²) in [6.07, 6.45) is 1.66. The van der Waals surface area contributed by atoms with Crippen LogP contribution in [0.5, 0.6) is 5.75 Å². The lowest BCUT2D eigenvalue weighted by Crippen LogP contribution is -2.20. The van der Waals surface area contributed by atoms with Gasteiger partial charge in [0.05, 0.1) is 32.3 Å². The van der Waals surface area contributed by atoms with E-state index in [1.54, 1.807) is 25.6 Å². The van der Waals surface area contributed by atoms with E-state index in [2.05, 4.69) is 15.1 Å². The summed E-state index contributed by atoms with van der Waals surface area (Å²) in [5.74, 6) is 1.05. The smallest absolute Gasteiger partial charge is 0.278 e. The third kappa shape index (κ3) is 3.27. The van der Waals surface area contributed by atoms with Crippen LogP contribution in [-0.2, 0) is 17.9 Å². The lowest BCUT2D eigenvalue weighted by atomic mass is 10.1. The molecule has 0 saturated heterocycles. The number of ether oxygens (including phenoxy) is 2. The van der Waals surface area contributed by atoms with Gasteiger partial charge in [-0.25, -0.2) is 9.37 Å². The van der Waals surface area contributed by atoms with Crippen molar-refractivity contribution in [2.75, 3.05) is 7.11 Å². The first kappa shape index (κ1) is 17.6.